The van der Waals surface area contributed by atoms with Gasteiger partial charge in [0, 0.05) is 55.8 Å². The van der Waals surface area contributed by atoms with Crippen molar-refractivity contribution in [3.05, 3.63) is 40.8 Å². The van der Waals surface area contributed by atoms with Gasteiger partial charge in [-0.25, -0.2) is 9.37 Å². The molecule has 0 spiro atoms. The van der Waals surface area contributed by atoms with Gasteiger partial charge in [0.05, 0.1) is 29.0 Å². The highest BCUT2D eigenvalue weighted by Gasteiger charge is 2.47. The Morgan fingerprint density at radius 3 is 2.92 bits per heavy atom. The van der Waals surface area contributed by atoms with Gasteiger partial charge in [-0.05, 0) is 45.5 Å². The van der Waals surface area contributed by atoms with E-state index in [1.165, 1.54) is 4.90 Å². The van der Waals surface area contributed by atoms with Crippen LogP contribution in [0.5, 0.6) is 5.88 Å². The highest BCUT2D eigenvalue weighted by molar-refractivity contribution is 6.35. The third kappa shape index (κ3) is 3.62. The van der Waals surface area contributed by atoms with Gasteiger partial charge in [-0.2, -0.15) is 5.10 Å². The minimum atomic E-state index is -2.97. The largest absolute Gasteiger partial charge is 0.470 e. The van der Waals surface area contributed by atoms with Crippen molar-refractivity contribution in [1.82, 2.24) is 25.4 Å². The molecule has 9 nitrogen and oxygen atoms in total. The minimum absolute atomic E-state index is 0.00443. The van der Waals surface area contributed by atoms with Gasteiger partial charge in [-0.3, -0.25) is 9.89 Å². The van der Waals surface area contributed by atoms with Crippen LogP contribution in [0.2, 0.25) is 5.02 Å². The lowest BCUT2D eigenvalue weighted by Crippen LogP contribution is -2.66. The molecule has 7 rings (SSSR count). The molecule has 3 atom stereocenters. The van der Waals surface area contributed by atoms with Crippen LogP contribution in [0.4, 0.5) is 15.8 Å². The second-order valence-corrected chi connectivity index (χ2v) is 10.8. The van der Waals surface area contributed by atoms with Crippen molar-refractivity contribution >= 4 is 50.7 Å². The van der Waals surface area contributed by atoms with E-state index in [1.54, 1.807) is 12.3 Å². The number of amides is 1. The Kier molecular flexibility index (Phi) is 4.22. The van der Waals surface area contributed by atoms with E-state index in [0.717, 1.165) is 5.56 Å². The molecule has 3 aliphatic heterocycles. The monoisotopic (exact) mass is 555 g/mol. The molecular formula is C28H29ClFN7O2. The van der Waals surface area contributed by atoms with E-state index in [2.05, 4.69) is 20.5 Å². The summed E-state index contributed by atoms with van der Waals surface area (Å²) in [4.78, 5) is 22.3. The van der Waals surface area contributed by atoms with Crippen molar-refractivity contribution in [2.24, 2.45) is 0 Å². The van der Waals surface area contributed by atoms with E-state index < -0.39 is 38.5 Å². The first kappa shape index (κ1) is 18.8. The molecule has 5 heterocycles. The van der Waals surface area contributed by atoms with Crippen LogP contribution in [-0.4, -0.2) is 84.3 Å². The normalized spacial score (nSPS) is 25.4. The summed E-state index contributed by atoms with van der Waals surface area (Å²) in [7, 11) is 0. The maximum atomic E-state index is 16.9. The van der Waals surface area contributed by atoms with Crippen LogP contribution < -0.4 is 19.9 Å². The second kappa shape index (κ2) is 8.77. The predicted octanol–water partition coefficient (Wildman–Crippen LogP) is 3.71. The number of hydrogen-bond donors (Lipinski definition) is 2. The molecule has 0 unspecified atom stereocenters. The third-order valence-corrected chi connectivity index (χ3v) is 8.13. The third-order valence-electron chi connectivity index (χ3n) is 7.84. The Bertz CT molecular complexity index is 1870. The average molecular weight is 556 g/mol. The lowest BCUT2D eigenvalue weighted by atomic mass is 9.93. The van der Waals surface area contributed by atoms with E-state index in [0.29, 0.717) is 51.2 Å². The summed E-state index contributed by atoms with van der Waals surface area (Å²) in [6.45, 7) is -2.03. The molecule has 1 fully saturated rings. The number of ether oxygens (including phenoxy) is 1. The summed E-state index contributed by atoms with van der Waals surface area (Å²) in [5, 5.41) is 11.6. The Labute approximate surface area is 238 Å². The van der Waals surface area contributed by atoms with Crippen LogP contribution in [0, 0.1) is 12.7 Å². The van der Waals surface area contributed by atoms with E-state index in [1.807, 2.05) is 30.9 Å². The van der Waals surface area contributed by atoms with Crippen LogP contribution in [0.3, 0.4) is 0 Å². The molecule has 1 amide bonds. The molecule has 0 bridgehead atoms. The number of piperazine rings is 1. The molecule has 0 radical (unpaired) electrons. The zero-order chi connectivity index (χ0) is 32.2. The summed E-state index contributed by atoms with van der Waals surface area (Å²) in [5.41, 5.74) is 2.94. The zero-order valence-corrected chi connectivity index (χ0v) is 21.9. The van der Waals surface area contributed by atoms with E-state index in [-0.39, 0.29) is 40.5 Å². The highest BCUT2D eigenvalue weighted by atomic mass is 35.5. The van der Waals surface area contributed by atoms with Crippen molar-refractivity contribution in [3.63, 3.8) is 0 Å². The maximum absolute atomic E-state index is 16.9. The number of anilines is 2. The number of pyridine rings is 1. The smallest absolute Gasteiger partial charge is 0.251 e. The number of aryl methyl sites for hydroxylation is 1. The van der Waals surface area contributed by atoms with Gasteiger partial charge in [0.25, 0.3) is 5.91 Å². The first-order chi connectivity index (χ1) is 21.1. The second-order valence-electron chi connectivity index (χ2n) is 10.4. The number of aromatic nitrogens is 3. The fourth-order valence-electron chi connectivity index (χ4n) is 6.13. The van der Waals surface area contributed by atoms with E-state index in [9.17, 15) is 4.79 Å². The summed E-state index contributed by atoms with van der Waals surface area (Å²) < 4.78 is 70.0. The molecule has 2 aromatic heterocycles. The molecule has 39 heavy (non-hydrogen) atoms. The number of aromatic amines is 1. The van der Waals surface area contributed by atoms with E-state index >= 15 is 4.39 Å². The zero-order valence-electron chi connectivity index (χ0n) is 27.2. The number of carbonyl (C=O) groups excluding carboxylic acids is 1. The van der Waals surface area contributed by atoms with Gasteiger partial charge < -0.3 is 24.8 Å². The SMILES string of the molecule is [2H]C([2H])([2H])N(C[C@@H]1CN2C(=O)[C@H]3CN[C@H](C)CN3c3c2c(nc2c(F)c(-c4c(C)ccc5[nH]ncc45)c(Cl)cc32)O1)C([2H])([2H])[2H]. The van der Waals surface area contributed by atoms with Gasteiger partial charge in [0.15, 0.2) is 5.82 Å². The lowest BCUT2D eigenvalue weighted by molar-refractivity contribution is -0.121. The van der Waals surface area contributed by atoms with Gasteiger partial charge in [-0.1, -0.05) is 17.7 Å². The number of benzene rings is 2. The van der Waals surface area contributed by atoms with Crippen molar-refractivity contribution in [1.29, 1.82) is 0 Å². The molecule has 202 valence electrons. The van der Waals surface area contributed by atoms with Crippen LogP contribution in [0.25, 0.3) is 32.9 Å². The number of nitrogens with zero attached hydrogens (tertiary/aromatic N) is 5. The molecule has 3 aliphatic rings. The fourth-order valence-corrected chi connectivity index (χ4v) is 6.42. The molecule has 0 saturated carbocycles. The standard InChI is InChI=1S/C28H29ClFN7O2/c1-13-5-6-19-17(8-32-34-19)21(13)22-18(29)7-16-24(23(22)30)33-27-26-25(16)36-10-14(2)31-9-20(36)28(38)37(26)12-15(39-27)11-35(3)4/h5-8,14-15,20,31H,9-12H2,1-4H3,(H,32,34)/t14-,15-,20-/m1/s1/i3D3,4D3. The molecule has 2 aromatic carbocycles. The molecule has 4 aromatic rings. The Morgan fingerprint density at radius 2 is 2.10 bits per heavy atom. The molecule has 2 N–H and O–H groups in total. The van der Waals surface area contributed by atoms with Crippen LogP contribution in [-0.2, 0) is 4.79 Å². The minimum Gasteiger partial charge on any atom is -0.470 e. The van der Waals surface area contributed by atoms with Crippen molar-refractivity contribution in [3.8, 4) is 17.0 Å². The van der Waals surface area contributed by atoms with Gasteiger partial charge in [0.1, 0.15) is 23.3 Å². The van der Waals surface area contributed by atoms with Crippen LogP contribution in [0.15, 0.2) is 24.4 Å². The van der Waals surface area contributed by atoms with E-state index in [4.69, 9.17) is 24.6 Å². The predicted molar refractivity (Wildman–Crippen MR) is 150 cm³/mol. The molecule has 1 saturated heterocycles. The molecule has 11 heteroatoms. The number of hydrogen-bond acceptors (Lipinski definition) is 7. The quantitative estimate of drug-likeness (QED) is 0.398. The van der Waals surface area contributed by atoms with Gasteiger partial charge in [-0.15, -0.1) is 0 Å². The number of H-pyrrole nitrogens is 1. The summed E-state index contributed by atoms with van der Waals surface area (Å²) in [6.07, 6.45) is 0.520. The number of carbonyl (C=O) groups is 1. The van der Waals surface area contributed by atoms with Gasteiger partial charge >= 0.3 is 0 Å². The number of nitrogens with one attached hydrogen (secondary N) is 2. The number of rotatable bonds is 3. The lowest BCUT2D eigenvalue weighted by Gasteiger charge is -2.49. The van der Waals surface area contributed by atoms with Gasteiger partial charge in [0.2, 0.25) is 5.88 Å². The van der Waals surface area contributed by atoms with Crippen molar-refractivity contribution < 1.29 is 22.1 Å². The fraction of sp³-hybridized carbons (Fsp3) is 0.393. The Balaban J connectivity index is 1.46. The first-order valence-corrected chi connectivity index (χ1v) is 13.1. The Hall–Kier alpha value is -3.47. The molecular weight excluding hydrogens is 521 g/mol. The topological polar surface area (TPSA) is 89.6 Å². The average Bonchev–Trinajstić information content (AvgIpc) is 3.43. The maximum Gasteiger partial charge on any atom is 0.251 e. The summed E-state index contributed by atoms with van der Waals surface area (Å²) in [5.74, 6) is -1.07. The van der Waals surface area contributed by atoms with Crippen molar-refractivity contribution in [2.75, 3.05) is 49.9 Å². The van der Waals surface area contributed by atoms with Crippen LogP contribution in [0.1, 0.15) is 20.7 Å². The summed E-state index contributed by atoms with van der Waals surface area (Å²) in [6, 6.07) is 4.69. The Morgan fingerprint density at radius 1 is 1.26 bits per heavy atom. The molecule has 0 aliphatic carbocycles. The number of fused-ring (bicyclic) bond motifs is 5. The van der Waals surface area contributed by atoms with Crippen molar-refractivity contribution in [2.45, 2.75) is 32.0 Å². The van der Waals surface area contributed by atoms with Crippen LogP contribution >= 0.6 is 11.6 Å². The number of halogens is 2. The summed E-state index contributed by atoms with van der Waals surface area (Å²) >= 11 is 6.89. The first-order valence-electron chi connectivity index (χ1n) is 15.7. The highest BCUT2D eigenvalue weighted by Crippen LogP contribution is 2.51. The number of likely N-dealkylation sites (N-methyl/N-ethyl adjacent to an activating group) is 1.